The third kappa shape index (κ3) is 9.77. The Morgan fingerprint density at radius 3 is 2.37 bits per heavy atom. The number of hydrogen-bond acceptors (Lipinski definition) is 7. The highest BCUT2D eigenvalue weighted by Crippen LogP contribution is 2.29. The van der Waals surface area contributed by atoms with Crippen molar-refractivity contribution in [2.75, 3.05) is 0 Å². The van der Waals surface area contributed by atoms with Crippen molar-refractivity contribution in [3.63, 3.8) is 0 Å². The van der Waals surface area contributed by atoms with Gasteiger partial charge in [-0.05, 0) is 55.2 Å². The first-order valence-corrected chi connectivity index (χ1v) is 13.5. The van der Waals surface area contributed by atoms with Crippen molar-refractivity contribution in [1.82, 2.24) is 10.7 Å². The van der Waals surface area contributed by atoms with E-state index in [1.165, 1.54) is 31.3 Å². The molecule has 0 radical (unpaired) electrons. The maximum atomic E-state index is 12.9. The van der Waals surface area contributed by atoms with Crippen molar-refractivity contribution in [3.8, 4) is 11.5 Å². The minimum Gasteiger partial charge on any atom is -0.482 e. The molecule has 12 heteroatoms. The zero-order valence-electron chi connectivity index (χ0n) is 22.7. The number of hydrazone groups is 1. The van der Waals surface area contributed by atoms with Crippen LogP contribution in [0.2, 0.25) is 10.0 Å². The summed E-state index contributed by atoms with van der Waals surface area (Å²) in [5.74, 6) is -0.627. The van der Waals surface area contributed by atoms with Crippen molar-refractivity contribution >= 4 is 46.9 Å². The maximum absolute atomic E-state index is 12.9. The summed E-state index contributed by atoms with van der Waals surface area (Å²) in [5, 5.41) is 18.9. The van der Waals surface area contributed by atoms with E-state index in [1.54, 1.807) is 18.2 Å². The molecule has 216 valence electrons. The number of nitrogens with zero attached hydrogens (tertiary/aromatic N) is 2. The lowest BCUT2D eigenvalue weighted by atomic mass is 10.0. The molecule has 41 heavy (non-hydrogen) atoms. The highest BCUT2D eigenvalue weighted by Gasteiger charge is 2.25. The zero-order valence-corrected chi connectivity index (χ0v) is 24.2. The zero-order chi connectivity index (χ0) is 29.9. The molecule has 0 aliphatic heterocycles. The lowest BCUT2D eigenvalue weighted by Crippen LogP contribution is -2.49. The quantitative estimate of drug-likeness (QED) is 0.142. The second-order valence-electron chi connectivity index (χ2n) is 9.52. The van der Waals surface area contributed by atoms with Crippen molar-refractivity contribution in [1.29, 1.82) is 0 Å². The number of carbonyl (C=O) groups is 2. The van der Waals surface area contributed by atoms with E-state index in [-0.39, 0.29) is 34.7 Å². The van der Waals surface area contributed by atoms with Crippen LogP contribution in [0.4, 0.5) is 5.69 Å². The first kappa shape index (κ1) is 31.4. The fraction of sp³-hybridized carbons (Fsp3) is 0.276. The number of nitrogens with one attached hydrogen (secondary N) is 2. The first-order chi connectivity index (χ1) is 19.5. The van der Waals surface area contributed by atoms with E-state index in [4.69, 9.17) is 32.7 Å². The monoisotopic (exact) mass is 600 g/mol. The van der Waals surface area contributed by atoms with E-state index >= 15 is 0 Å². The Balaban J connectivity index is 1.63. The summed E-state index contributed by atoms with van der Waals surface area (Å²) in [6.45, 7) is 5.51. The summed E-state index contributed by atoms with van der Waals surface area (Å²) in [7, 11) is 0. The molecule has 0 saturated heterocycles. The molecule has 2 amide bonds. The number of benzene rings is 3. The Morgan fingerprint density at radius 1 is 1.00 bits per heavy atom. The summed E-state index contributed by atoms with van der Waals surface area (Å²) in [6.07, 6.45) is 0.650. The Morgan fingerprint density at radius 2 is 1.71 bits per heavy atom. The van der Waals surface area contributed by atoms with Crippen LogP contribution in [-0.2, 0) is 16.2 Å². The van der Waals surface area contributed by atoms with Gasteiger partial charge in [0.05, 0.1) is 16.2 Å². The van der Waals surface area contributed by atoms with E-state index in [1.807, 2.05) is 44.2 Å². The lowest BCUT2D eigenvalue weighted by Gasteiger charge is -2.22. The van der Waals surface area contributed by atoms with Gasteiger partial charge >= 0.3 is 5.69 Å². The average molecular weight is 601 g/mol. The second kappa shape index (κ2) is 15.0. The number of halogens is 2. The molecular weight excluding hydrogens is 571 g/mol. The van der Waals surface area contributed by atoms with E-state index in [9.17, 15) is 19.7 Å². The molecule has 3 aromatic carbocycles. The molecule has 0 bridgehead atoms. The number of nitro benzene ring substituents is 1. The van der Waals surface area contributed by atoms with Gasteiger partial charge in [0.1, 0.15) is 18.4 Å². The minimum absolute atomic E-state index is 0.0723. The maximum Gasteiger partial charge on any atom is 0.311 e. The number of carbonyl (C=O) groups excluding carboxylic acids is 2. The van der Waals surface area contributed by atoms with Gasteiger partial charge in [0, 0.05) is 16.7 Å². The van der Waals surface area contributed by atoms with Crippen molar-refractivity contribution < 1.29 is 24.0 Å². The van der Waals surface area contributed by atoms with Gasteiger partial charge in [0.25, 0.3) is 11.8 Å². The molecule has 0 fully saturated rings. The normalized spacial score (nSPS) is 12.5. The minimum atomic E-state index is -0.956. The van der Waals surface area contributed by atoms with E-state index in [0.717, 1.165) is 5.56 Å². The topological polar surface area (TPSA) is 132 Å². The van der Waals surface area contributed by atoms with Crippen molar-refractivity contribution in [2.24, 2.45) is 11.0 Å². The van der Waals surface area contributed by atoms with Gasteiger partial charge in [-0.1, -0.05) is 67.4 Å². The molecule has 0 unspecified atom stereocenters. The largest absolute Gasteiger partial charge is 0.482 e. The number of ether oxygens (including phenoxy) is 2. The standard InChI is InChI=1S/C29H30Cl2N4O6/c1-18(2)13-24(33-28(36)19(3)41-26-12-10-22(30)15-23(26)31)29(37)34-32-16-21-9-11-27(25(14-21)35(38)39)40-17-20-7-5-4-6-8-20/h4-12,14-16,18-19,24H,13,17H2,1-3H3,(H,33,36)(H,34,37)/b32-16-/t19-,24+/m0/s1. The lowest BCUT2D eigenvalue weighted by molar-refractivity contribution is -0.385. The van der Waals surface area contributed by atoms with Crippen LogP contribution in [0.25, 0.3) is 0 Å². The Labute approximate surface area is 247 Å². The molecular formula is C29H30Cl2N4O6. The van der Waals surface area contributed by atoms with E-state index in [0.29, 0.717) is 17.0 Å². The van der Waals surface area contributed by atoms with Crippen LogP contribution in [0.1, 0.15) is 38.3 Å². The van der Waals surface area contributed by atoms with Crippen LogP contribution in [0.15, 0.2) is 71.8 Å². The van der Waals surface area contributed by atoms with Crippen LogP contribution in [-0.4, -0.2) is 35.1 Å². The molecule has 3 rings (SSSR count). The number of nitro groups is 1. The van der Waals surface area contributed by atoms with E-state index in [2.05, 4.69) is 15.8 Å². The van der Waals surface area contributed by atoms with Gasteiger partial charge < -0.3 is 14.8 Å². The first-order valence-electron chi connectivity index (χ1n) is 12.7. The van der Waals surface area contributed by atoms with Crippen molar-refractivity contribution in [2.45, 2.75) is 45.9 Å². The summed E-state index contributed by atoms with van der Waals surface area (Å²) in [5.41, 5.74) is 3.39. The van der Waals surface area contributed by atoms with Gasteiger partial charge in [0.15, 0.2) is 11.9 Å². The molecule has 2 atom stereocenters. The van der Waals surface area contributed by atoms with Gasteiger partial charge in [-0.2, -0.15) is 5.10 Å². The molecule has 3 aromatic rings. The molecule has 0 aromatic heterocycles. The van der Waals surface area contributed by atoms with Crippen LogP contribution in [0.5, 0.6) is 11.5 Å². The highest BCUT2D eigenvalue weighted by atomic mass is 35.5. The summed E-state index contributed by atoms with van der Waals surface area (Å²) < 4.78 is 11.3. The molecule has 0 spiro atoms. The van der Waals surface area contributed by atoms with Crippen LogP contribution < -0.4 is 20.2 Å². The Hall–Kier alpha value is -4.15. The summed E-state index contributed by atoms with van der Waals surface area (Å²) in [6, 6.07) is 17.3. The van der Waals surface area contributed by atoms with Crippen LogP contribution >= 0.6 is 23.2 Å². The molecule has 0 heterocycles. The SMILES string of the molecule is CC(C)C[C@@H](NC(=O)[C@H](C)Oc1ccc(Cl)cc1Cl)C(=O)N/N=C\c1ccc(OCc2ccccc2)c([N+](=O)[O-])c1. The number of amides is 2. The van der Waals surface area contributed by atoms with Crippen LogP contribution in [0.3, 0.4) is 0 Å². The summed E-state index contributed by atoms with van der Waals surface area (Å²) in [4.78, 5) is 36.7. The molecule has 0 aliphatic carbocycles. The van der Waals surface area contributed by atoms with Gasteiger partial charge in [-0.25, -0.2) is 5.43 Å². The van der Waals surface area contributed by atoms with Gasteiger partial charge in [-0.3, -0.25) is 19.7 Å². The van der Waals surface area contributed by atoms with E-state index < -0.39 is 28.9 Å². The van der Waals surface area contributed by atoms with Gasteiger partial charge in [0.2, 0.25) is 0 Å². The van der Waals surface area contributed by atoms with Crippen LogP contribution in [0, 0.1) is 16.0 Å². The Kier molecular flexibility index (Phi) is 11.5. The molecule has 2 N–H and O–H groups in total. The molecule has 10 nitrogen and oxygen atoms in total. The predicted molar refractivity (Wildman–Crippen MR) is 158 cm³/mol. The fourth-order valence-electron chi connectivity index (χ4n) is 3.67. The summed E-state index contributed by atoms with van der Waals surface area (Å²) >= 11 is 12.0. The van der Waals surface area contributed by atoms with Gasteiger partial charge in [-0.15, -0.1) is 0 Å². The highest BCUT2D eigenvalue weighted by molar-refractivity contribution is 6.35. The predicted octanol–water partition coefficient (Wildman–Crippen LogP) is 5.93. The number of rotatable bonds is 13. The Bertz CT molecular complexity index is 1400. The molecule has 0 saturated carbocycles. The number of hydrogen-bond donors (Lipinski definition) is 2. The third-order valence-corrected chi connectivity index (χ3v) is 6.24. The average Bonchev–Trinajstić information content (AvgIpc) is 2.93. The molecule has 0 aliphatic rings. The van der Waals surface area contributed by atoms with Crippen molar-refractivity contribution in [3.05, 3.63) is 98.0 Å². The smallest absolute Gasteiger partial charge is 0.311 e. The second-order valence-corrected chi connectivity index (χ2v) is 10.4. The fourth-order valence-corrected chi connectivity index (χ4v) is 4.12. The third-order valence-electron chi connectivity index (χ3n) is 5.71.